The summed E-state index contributed by atoms with van der Waals surface area (Å²) in [5, 5.41) is 2.57. The third kappa shape index (κ3) is 2.79. The molecule has 2 rings (SSSR count). The Morgan fingerprint density at radius 1 is 1.32 bits per heavy atom. The first-order valence-corrected chi connectivity index (χ1v) is 5.50. The van der Waals surface area contributed by atoms with E-state index in [1.807, 2.05) is 0 Å². The summed E-state index contributed by atoms with van der Waals surface area (Å²) in [7, 11) is 1.57. The van der Waals surface area contributed by atoms with Crippen LogP contribution in [0.25, 0.3) is 0 Å². The van der Waals surface area contributed by atoms with Crippen LogP contribution in [0.3, 0.4) is 0 Å². The predicted molar refractivity (Wildman–Crippen MR) is 70.4 cm³/mol. The Bertz CT molecular complexity index is 695. The van der Waals surface area contributed by atoms with Crippen molar-refractivity contribution in [3.05, 3.63) is 58.3 Å². The first kappa shape index (κ1) is 12.8. The molecule has 1 heterocycles. The van der Waals surface area contributed by atoms with Crippen LogP contribution in [-0.4, -0.2) is 10.5 Å². The summed E-state index contributed by atoms with van der Waals surface area (Å²) in [4.78, 5) is 23.1. The second-order valence-electron chi connectivity index (χ2n) is 4.06. The molecule has 0 spiro atoms. The Labute approximate surface area is 108 Å². The van der Waals surface area contributed by atoms with Crippen LogP contribution in [-0.2, 0) is 7.05 Å². The highest BCUT2D eigenvalue weighted by Gasteiger charge is 2.09. The number of carbonyl (C=O) groups excluding carboxylic acids is 1. The van der Waals surface area contributed by atoms with Crippen molar-refractivity contribution >= 4 is 17.3 Å². The molecule has 0 unspecified atom stereocenters. The molecular formula is C13H12FN3O2. The lowest BCUT2D eigenvalue weighted by molar-refractivity contribution is 0.102. The molecule has 2 aromatic rings. The number of aryl methyl sites for hydroxylation is 1. The van der Waals surface area contributed by atoms with Gasteiger partial charge in [0.2, 0.25) is 5.56 Å². The second-order valence-corrected chi connectivity index (χ2v) is 4.06. The van der Waals surface area contributed by atoms with Crippen LogP contribution in [0.4, 0.5) is 15.8 Å². The SMILES string of the molecule is Cn1cc(NC(=O)c2ccc(N)c(F)c2)ccc1=O. The summed E-state index contributed by atoms with van der Waals surface area (Å²) in [6.45, 7) is 0. The standard InChI is InChI=1S/C13H12FN3O2/c1-17-7-9(3-5-12(17)18)16-13(19)8-2-4-11(15)10(14)6-8/h2-7H,15H2,1H3,(H,16,19). The van der Waals surface area contributed by atoms with E-state index in [0.29, 0.717) is 5.69 Å². The van der Waals surface area contributed by atoms with Gasteiger partial charge in [0.1, 0.15) is 5.82 Å². The predicted octanol–water partition coefficient (Wildman–Crippen LogP) is 1.36. The number of nitrogens with one attached hydrogen (secondary N) is 1. The van der Waals surface area contributed by atoms with Crippen molar-refractivity contribution in [1.29, 1.82) is 0 Å². The van der Waals surface area contributed by atoms with E-state index in [9.17, 15) is 14.0 Å². The van der Waals surface area contributed by atoms with E-state index in [1.165, 1.54) is 35.0 Å². The monoisotopic (exact) mass is 261 g/mol. The van der Waals surface area contributed by atoms with Crippen LogP contribution in [0.15, 0.2) is 41.3 Å². The van der Waals surface area contributed by atoms with E-state index in [0.717, 1.165) is 6.07 Å². The molecule has 6 heteroatoms. The third-order valence-corrected chi connectivity index (χ3v) is 2.61. The van der Waals surface area contributed by atoms with Crippen LogP contribution >= 0.6 is 0 Å². The summed E-state index contributed by atoms with van der Waals surface area (Å²) in [6, 6.07) is 6.63. The molecule has 0 aliphatic rings. The highest BCUT2D eigenvalue weighted by molar-refractivity contribution is 6.04. The molecule has 0 radical (unpaired) electrons. The number of aromatic nitrogens is 1. The molecule has 19 heavy (non-hydrogen) atoms. The number of hydrogen-bond acceptors (Lipinski definition) is 3. The van der Waals surface area contributed by atoms with Gasteiger partial charge < -0.3 is 15.6 Å². The molecule has 0 aliphatic heterocycles. The van der Waals surface area contributed by atoms with Gasteiger partial charge in [0.15, 0.2) is 0 Å². The lowest BCUT2D eigenvalue weighted by atomic mass is 10.2. The lowest BCUT2D eigenvalue weighted by Crippen LogP contribution is -2.18. The van der Waals surface area contributed by atoms with E-state index >= 15 is 0 Å². The van der Waals surface area contributed by atoms with E-state index in [4.69, 9.17) is 5.73 Å². The normalized spacial score (nSPS) is 10.2. The second kappa shape index (κ2) is 4.93. The fraction of sp³-hybridized carbons (Fsp3) is 0.0769. The number of hydrogen-bond donors (Lipinski definition) is 2. The zero-order valence-corrected chi connectivity index (χ0v) is 10.2. The molecule has 0 atom stereocenters. The Hall–Kier alpha value is -2.63. The highest BCUT2D eigenvalue weighted by atomic mass is 19.1. The zero-order chi connectivity index (χ0) is 14.0. The van der Waals surface area contributed by atoms with Crippen molar-refractivity contribution in [2.24, 2.45) is 7.05 Å². The molecule has 0 fully saturated rings. The molecule has 1 amide bonds. The molecule has 1 aromatic heterocycles. The molecule has 0 saturated heterocycles. The summed E-state index contributed by atoms with van der Waals surface area (Å²) in [5.74, 6) is -1.12. The maximum Gasteiger partial charge on any atom is 0.255 e. The van der Waals surface area contributed by atoms with E-state index in [-0.39, 0.29) is 16.8 Å². The van der Waals surface area contributed by atoms with Gasteiger partial charge in [-0.25, -0.2) is 4.39 Å². The van der Waals surface area contributed by atoms with E-state index in [1.54, 1.807) is 7.05 Å². The summed E-state index contributed by atoms with van der Waals surface area (Å²) < 4.78 is 14.6. The average Bonchev–Trinajstić information content (AvgIpc) is 2.37. The van der Waals surface area contributed by atoms with Crippen molar-refractivity contribution < 1.29 is 9.18 Å². The van der Waals surface area contributed by atoms with Crippen molar-refractivity contribution in [2.45, 2.75) is 0 Å². The fourth-order valence-electron chi connectivity index (χ4n) is 1.54. The smallest absolute Gasteiger partial charge is 0.255 e. The minimum absolute atomic E-state index is 0.0151. The quantitative estimate of drug-likeness (QED) is 0.801. The first-order valence-electron chi connectivity index (χ1n) is 5.50. The van der Waals surface area contributed by atoms with Gasteiger partial charge in [0.25, 0.3) is 5.91 Å². The molecule has 0 bridgehead atoms. The number of pyridine rings is 1. The summed E-state index contributed by atoms with van der Waals surface area (Å²) in [5.41, 5.74) is 5.74. The fourth-order valence-corrected chi connectivity index (χ4v) is 1.54. The van der Waals surface area contributed by atoms with Crippen molar-refractivity contribution in [3.8, 4) is 0 Å². The van der Waals surface area contributed by atoms with Crippen molar-refractivity contribution in [1.82, 2.24) is 4.57 Å². The van der Waals surface area contributed by atoms with Crippen LogP contribution < -0.4 is 16.6 Å². The largest absolute Gasteiger partial charge is 0.396 e. The van der Waals surface area contributed by atoms with E-state index < -0.39 is 11.7 Å². The number of carbonyl (C=O) groups is 1. The van der Waals surface area contributed by atoms with Gasteiger partial charge in [0, 0.05) is 24.9 Å². The number of benzene rings is 1. The van der Waals surface area contributed by atoms with Crippen molar-refractivity contribution in [2.75, 3.05) is 11.1 Å². The Morgan fingerprint density at radius 2 is 2.05 bits per heavy atom. The Morgan fingerprint density at radius 3 is 2.68 bits per heavy atom. The maximum absolute atomic E-state index is 13.2. The lowest BCUT2D eigenvalue weighted by Gasteiger charge is -2.07. The van der Waals surface area contributed by atoms with Gasteiger partial charge in [-0.3, -0.25) is 9.59 Å². The first-order chi connectivity index (χ1) is 8.97. The highest BCUT2D eigenvalue weighted by Crippen LogP contribution is 2.13. The van der Waals surface area contributed by atoms with Crippen LogP contribution in [0.5, 0.6) is 0 Å². The number of halogens is 1. The molecular weight excluding hydrogens is 249 g/mol. The number of rotatable bonds is 2. The van der Waals surface area contributed by atoms with Crippen LogP contribution in [0, 0.1) is 5.82 Å². The molecule has 1 aromatic carbocycles. The molecule has 98 valence electrons. The van der Waals surface area contributed by atoms with Gasteiger partial charge in [-0.05, 0) is 24.3 Å². The molecule has 0 saturated carbocycles. The molecule has 5 nitrogen and oxygen atoms in total. The summed E-state index contributed by atoms with van der Waals surface area (Å²) in [6.07, 6.45) is 1.48. The Balaban J connectivity index is 2.22. The van der Waals surface area contributed by atoms with Gasteiger partial charge in [-0.1, -0.05) is 0 Å². The summed E-state index contributed by atoms with van der Waals surface area (Å²) >= 11 is 0. The van der Waals surface area contributed by atoms with Crippen LogP contribution in [0.1, 0.15) is 10.4 Å². The number of nitrogens with zero attached hydrogens (tertiary/aromatic N) is 1. The topological polar surface area (TPSA) is 77.1 Å². The number of nitrogens with two attached hydrogens (primary N) is 1. The Kier molecular flexibility index (Phi) is 3.33. The number of nitrogen functional groups attached to an aromatic ring is 1. The third-order valence-electron chi connectivity index (χ3n) is 2.61. The minimum atomic E-state index is -0.645. The van der Waals surface area contributed by atoms with Crippen LogP contribution in [0.2, 0.25) is 0 Å². The van der Waals surface area contributed by atoms with E-state index in [2.05, 4.69) is 5.32 Å². The molecule has 3 N–H and O–H groups in total. The van der Waals surface area contributed by atoms with Gasteiger partial charge in [0.05, 0.1) is 11.4 Å². The van der Waals surface area contributed by atoms with Gasteiger partial charge in [-0.2, -0.15) is 0 Å². The number of amides is 1. The number of anilines is 2. The maximum atomic E-state index is 13.2. The average molecular weight is 261 g/mol. The zero-order valence-electron chi connectivity index (χ0n) is 10.2. The van der Waals surface area contributed by atoms with Gasteiger partial charge in [-0.15, -0.1) is 0 Å². The molecule has 0 aliphatic carbocycles. The van der Waals surface area contributed by atoms with Gasteiger partial charge >= 0.3 is 0 Å². The van der Waals surface area contributed by atoms with Crippen molar-refractivity contribution in [3.63, 3.8) is 0 Å². The minimum Gasteiger partial charge on any atom is -0.396 e.